The summed E-state index contributed by atoms with van der Waals surface area (Å²) in [6.45, 7) is 6.10. The monoisotopic (exact) mass is 330 g/mol. The van der Waals surface area contributed by atoms with E-state index in [2.05, 4.69) is 13.1 Å². The fourth-order valence-corrected chi connectivity index (χ4v) is 7.57. The first-order valence-corrected chi connectivity index (χ1v) is 11.4. The highest BCUT2D eigenvalue weighted by molar-refractivity contribution is 6.74. The third kappa shape index (κ3) is 2.31. The van der Waals surface area contributed by atoms with Gasteiger partial charge in [-0.1, -0.05) is 0 Å². The molecule has 0 saturated carbocycles. The second-order valence-corrected chi connectivity index (χ2v) is 11.4. The van der Waals surface area contributed by atoms with Crippen molar-refractivity contribution < 1.29 is 23.4 Å². The van der Waals surface area contributed by atoms with Gasteiger partial charge in [0.1, 0.15) is 10.8 Å². The topological polar surface area (TPSA) is 46.2 Å². The van der Waals surface area contributed by atoms with E-state index < -0.39 is 13.5 Å². The Morgan fingerprint density at radius 2 is 1.86 bits per heavy atom. The molecule has 6 heteroatoms. The molecule has 128 valence electrons. The van der Waals surface area contributed by atoms with Crippen LogP contribution in [-0.4, -0.2) is 59.0 Å². The van der Waals surface area contributed by atoms with Crippen LogP contribution in [0.1, 0.15) is 38.5 Å². The van der Waals surface area contributed by atoms with Crippen molar-refractivity contribution in [1.29, 1.82) is 0 Å². The van der Waals surface area contributed by atoms with Gasteiger partial charge in [-0.05, 0) is 45.2 Å². The van der Waals surface area contributed by atoms with Crippen LogP contribution in [0.4, 0.5) is 0 Å². The maximum absolute atomic E-state index is 6.56. The molecule has 0 N–H and O–H groups in total. The van der Waals surface area contributed by atoms with Crippen LogP contribution in [0.5, 0.6) is 0 Å². The molecule has 0 spiro atoms. The summed E-state index contributed by atoms with van der Waals surface area (Å²) in [5.74, 6) is 0. The van der Waals surface area contributed by atoms with Gasteiger partial charge in [-0.2, -0.15) is 0 Å². The van der Waals surface area contributed by atoms with E-state index in [-0.39, 0.29) is 18.0 Å². The van der Waals surface area contributed by atoms with E-state index in [9.17, 15) is 0 Å². The lowest BCUT2D eigenvalue weighted by molar-refractivity contribution is -0.230. The maximum atomic E-state index is 6.56. The van der Waals surface area contributed by atoms with Crippen molar-refractivity contribution in [2.75, 3.05) is 27.4 Å². The van der Waals surface area contributed by atoms with Crippen LogP contribution in [0.15, 0.2) is 0 Å². The molecule has 22 heavy (non-hydrogen) atoms. The second-order valence-electron chi connectivity index (χ2n) is 7.21. The number of hydrogen-bond donors (Lipinski definition) is 0. The lowest BCUT2D eigenvalue weighted by atomic mass is 9.83. The van der Waals surface area contributed by atoms with Crippen molar-refractivity contribution in [2.45, 2.75) is 74.8 Å². The zero-order valence-electron chi connectivity index (χ0n) is 14.4. The third-order valence-corrected chi connectivity index (χ3v) is 9.75. The van der Waals surface area contributed by atoms with Crippen molar-refractivity contribution >= 4 is 8.32 Å². The molecule has 3 aliphatic heterocycles. The average Bonchev–Trinajstić information content (AvgIpc) is 3.25. The van der Waals surface area contributed by atoms with Crippen LogP contribution in [0.3, 0.4) is 0 Å². The summed E-state index contributed by atoms with van der Waals surface area (Å²) >= 11 is 0. The van der Waals surface area contributed by atoms with E-state index >= 15 is 0 Å². The Morgan fingerprint density at radius 3 is 2.36 bits per heavy atom. The molecule has 3 heterocycles. The fraction of sp³-hybridized carbons (Fsp3) is 1.00. The second kappa shape index (κ2) is 6.15. The molecule has 3 fully saturated rings. The van der Waals surface area contributed by atoms with E-state index in [0.29, 0.717) is 0 Å². The third-order valence-electron chi connectivity index (χ3n) is 6.00. The smallest absolute Gasteiger partial charge is 0.221 e. The number of rotatable bonds is 5. The first-order valence-electron chi connectivity index (χ1n) is 8.53. The van der Waals surface area contributed by atoms with Crippen molar-refractivity contribution in [3.05, 3.63) is 0 Å². The highest BCUT2D eigenvalue weighted by Crippen LogP contribution is 2.54. The molecule has 3 aliphatic rings. The summed E-state index contributed by atoms with van der Waals surface area (Å²) in [5, 5.41) is -0.402. The summed E-state index contributed by atoms with van der Waals surface area (Å²) in [6, 6.07) is 0. The average molecular weight is 330 g/mol. The van der Waals surface area contributed by atoms with Gasteiger partial charge in [0.05, 0.1) is 6.10 Å². The Kier molecular flexibility index (Phi) is 4.71. The Morgan fingerprint density at radius 1 is 1.05 bits per heavy atom. The minimum absolute atomic E-state index is 0.118. The van der Waals surface area contributed by atoms with Gasteiger partial charge < -0.3 is 23.4 Å². The van der Waals surface area contributed by atoms with Crippen molar-refractivity contribution in [3.63, 3.8) is 0 Å². The zero-order chi connectivity index (χ0) is 15.8. The van der Waals surface area contributed by atoms with Gasteiger partial charge in [0.2, 0.25) is 8.32 Å². The first kappa shape index (κ1) is 16.9. The van der Waals surface area contributed by atoms with Crippen LogP contribution >= 0.6 is 0 Å². The first-order chi connectivity index (χ1) is 10.5. The summed E-state index contributed by atoms with van der Waals surface area (Å²) in [5.41, 5.74) is -0.373. The van der Waals surface area contributed by atoms with Crippen molar-refractivity contribution in [2.24, 2.45) is 0 Å². The van der Waals surface area contributed by atoms with Gasteiger partial charge in [0, 0.05) is 33.9 Å². The van der Waals surface area contributed by atoms with E-state index in [1.807, 2.05) is 7.11 Å². The minimum Gasteiger partial charge on any atom is -0.417 e. The normalized spacial score (nSPS) is 43.1. The number of methoxy groups -OCH3 is 1. The fourth-order valence-electron chi connectivity index (χ4n) is 4.70. The van der Waals surface area contributed by atoms with Crippen LogP contribution in [0.25, 0.3) is 0 Å². The number of hydrogen-bond acceptors (Lipinski definition) is 5. The summed E-state index contributed by atoms with van der Waals surface area (Å²) < 4.78 is 30.7. The molecule has 5 nitrogen and oxygen atoms in total. The molecule has 0 aromatic carbocycles. The Balaban J connectivity index is 2.03. The van der Waals surface area contributed by atoms with Gasteiger partial charge in [-0.25, -0.2) is 0 Å². The predicted octanol–water partition coefficient (Wildman–Crippen LogP) is 2.63. The summed E-state index contributed by atoms with van der Waals surface area (Å²) in [6.07, 6.45) is 6.00. The SMILES string of the molecule is COC1CCC(C2(C3CCCO3)CCCO2)([Si](C)(C)OC)O1. The standard InChI is InChI=1S/C16H30O5Si/c1-17-14-8-10-16(21-14,22(3,4)18-2)15(9-6-12-20-15)13-7-5-11-19-13/h13-14H,5-12H2,1-4H3. The molecule has 0 aliphatic carbocycles. The van der Waals surface area contributed by atoms with Crippen LogP contribution in [-0.2, 0) is 23.4 Å². The molecule has 0 amide bonds. The molecule has 4 unspecified atom stereocenters. The van der Waals surface area contributed by atoms with Gasteiger partial charge >= 0.3 is 0 Å². The van der Waals surface area contributed by atoms with Crippen LogP contribution in [0.2, 0.25) is 13.1 Å². The Hall–Kier alpha value is 0.0169. The van der Waals surface area contributed by atoms with E-state index in [4.69, 9.17) is 23.4 Å². The maximum Gasteiger partial charge on any atom is 0.221 e. The van der Waals surface area contributed by atoms with E-state index in [1.54, 1.807) is 7.11 Å². The largest absolute Gasteiger partial charge is 0.417 e. The van der Waals surface area contributed by atoms with E-state index in [1.165, 1.54) is 0 Å². The highest BCUT2D eigenvalue weighted by Gasteiger charge is 2.70. The molecule has 0 aromatic heterocycles. The highest BCUT2D eigenvalue weighted by atomic mass is 28.4. The summed E-state index contributed by atoms with van der Waals surface area (Å²) in [7, 11) is 1.37. The van der Waals surface area contributed by atoms with Gasteiger partial charge in [0.15, 0.2) is 6.29 Å². The predicted molar refractivity (Wildman–Crippen MR) is 85.2 cm³/mol. The molecule has 3 rings (SSSR count). The Bertz CT molecular complexity index is 390. The quantitative estimate of drug-likeness (QED) is 0.725. The van der Waals surface area contributed by atoms with Gasteiger partial charge in [0.25, 0.3) is 0 Å². The summed E-state index contributed by atoms with van der Waals surface area (Å²) in [4.78, 5) is 0. The zero-order valence-corrected chi connectivity index (χ0v) is 15.4. The van der Waals surface area contributed by atoms with Crippen LogP contribution < -0.4 is 0 Å². The van der Waals surface area contributed by atoms with Crippen molar-refractivity contribution in [3.8, 4) is 0 Å². The lowest BCUT2D eigenvalue weighted by Gasteiger charge is -2.53. The minimum atomic E-state index is -2.16. The molecule has 0 radical (unpaired) electrons. The molecular formula is C16H30O5Si. The molecule has 3 saturated heterocycles. The van der Waals surface area contributed by atoms with Gasteiger partial charge in [-0.3, -0.25) is 0 Å². The van der Waals surface area contributed by atoms with Gasteiger partial charge in [-0.15, -0.1) is 0 Å². The molecule has 0 bridgehead atoms. The number of ether oxygens (including phenoxy) is 4. The Labute approximate surface area is 134 Å². The van der Waals surface area contributed by atoms with Crippen LogP contribution in [0, 0.1) is 0 Å². The molecule has 0 aromatic rings. The lowest BCUT2D eigenvalue weighted by Crippen LogP contribution is -2.72. The molecular weight excluding hydrogens is 300 g/mol. The molecule has 4 atom stereocenters. The van der Waals surface area contributed by atoms with Crippen molar-refractivity contribution in [1.82, 2.24) is 0 Å². The van der Waals surface area contributed by atoms with E-state index in [0.717, 1.165) is 51.7 Å².